The number of rotatable bonds is 3. The van der Waals surface area contributed by atoms with Crippen molar-refractivity contribution in [2.75, 3.05) is 13.1 Å². The quantitative estimate of drug-likeness (QED) is 0.501. The number of thiazole rings is 1. The van der Waals surface area contributed by atoms with E-state index < -0.39 is 0 Å². The van der Waals surface area contributed by atoms with Gasteiger partial charge >= 0.3 is 0 Å². The highest BCUT2D eigenvalue weighted by atomic mass is 32.1. The molecule has 29 heavy (non-hydrogen) atoms. The van der Waals surface area contributed by atoms with Crippen molar-refractivity contribution in [3.05, 3.63) is 64.5 Å². The van der Waals surface area contributed by atoms with Crippen LogP contribution in [0.4, 0.5) is 4.39 Å². The number of aromatic nitrogens is 3. The van der Waals surface area contributed by atoms with Gasteiger partial charge in [-0.05, 0) is 44.5 Å². The number of hydrogen-bond acceptors (Lipinski definition) is 5. The van der Waals surface area contributed by atoms with E-state index in [-0.39, 0.29) is 23.4 Å². The summed E-state index contributed by atoms with van der Waals surface area (Å²) in [5, 5.41) is 6.11. The number of amides is 1. The van der Waals surface area contributed by atoms with E-state index in [0.29, 0.717) is 24.3 Å². The van der Waals surface area contributed by atoms with Gasteiger partial charge in [0.15, 0.2) is 0 Å². The number of aryl methyl sites for hydroxylation is 2. The number of halogens is 1. The van der Waals surface area contributed by atoms with Gasteiger partial charge in [-0.2, -0.15) is 0 Å². The summed E-state index contributed by atoms with van der Waals surface area (Å²) in [5.41, 5.74) is 3.48. The van der Waals surface area contributed by atoms with Crippen LogP contribution in [0.2, 0.25) is 0 Å². The molecule has 0 aliphatic carbocycles. The summed E-state index contributed by atoms with van der Waals surface area (Å²) < 4.78 is 20.6. The van der Waals surface area contributed by atoms with Crippen LogP contribution in [0.3, 0.4) is 0 Å². The largest absolute Gasteiger partial charge is 0.350 e. The van der Waals surface area contributed by atoms with Crippen LogP contribution in [0.25, 0.3) is 16.1 Å². The molecule has 0 bridgehead atoms. The fourth-order valence-electron chi connectivity index (χ4n) is 3.98. The molecule has 5 rings (SSSR count). The second kappa shape index (κ2) is 6.81. The van der Waals surface area contributed by atoms with Crippen LogP contribution in [0.5, 0.6) is 0 Å². The minimum Gasteiger partial charge on any atom is -0.350 e. The summed E-state index contributed by atoms with van der Waals surface area (Å²) in [6.45, 7) is 5.35. The zero-order valence-electron chi connectivity index (χ0n) is 16.1. The zero-order valence-corrected chi connectivity index (χ0v) is 16.9. The maximum atomic E-state index is 13.1. The Kier molecular flexibility index (Phi) is 4.24. The molecular formula is C21H19FN4O2S. The van der Waals surface area contributed by atoms with Crippen molar-refractivity contribution in [3.63, 3.8) is 0 Å². The Bertz CT molecular complexity index is 1210. The maximum Gasteiger partial charge on any atom is 0.292 e. The van der Waals surface area contributed by atoms with E-state index in [1.807, 2.05) is 6.92 Å². The number of likely N-dealkylation sites (tertiary alicyclic amines) is 1. The van der Waals surface area contributed by atoms with Crippen LogP contribution in [-0.4, -0.2) is 38.4 Å². The van der Waals surface area contributed by atoms with Gasteiger partial charge in [0.05, 0.1) is 5.69 Å². The first-order valence-corrected chi connectivity index (χ1v) is 10.3. The topological polar surface area (TPSA) is 63.6 Å². The Morgan fingerprint density at radius 2 is 2.07 bits per heavy atom. The minimum absolute atomic E-state index is 0.178. The number of nitrogens with zero attached hydrogens (tertiary/aromatic N) is 4. The second-order valence-corrected chi connectivity index (χ2v) is 8.24. The number of benzene rings is 1. The van der Waals surface area contributed by atoms with Gasteiger partial charge < -0.3 is 9.42 Å². The highest BCUT2D eigenvalue weighted by Gasteiger charge is 2.33. The molecule has 1 aromatic carbocycles. The molecule has 1 amide bonds. The Hall–Kier alpha value is -3.00. The molecule has 4 heterocycles. The molecule has 0 N–H and O–H groups in total. The molecule has 1 aliphatic rings. The fourth-order valence-corrected chi connectivity index (χ4v) is 5.08. The van der Waals surface area contributed by atoms with Gasteiger partial charge in [0, 0.05) is 41.7 Å². The first-order chi connectivity index (χ1) is 14.0. The van der Waals surface area contributed by atoms with Crippen LogP contribution in [0, 0.1) is 19.7 Å². The van der Waals surface area contributed by atoms with E-state index in [9.17, 15) is 9.18 Å². The summed E-state index contributed by atoms with van der Waals surface area (Å²) in [7, 11) is 0. The van der Waals surface area contributed by atoms with E-state index in [1.165, 1.54) is 17.8 Å². The molecule has 0 radical (unpaired) electrons. The lowest BCUT2D eigenvalue weighted by atomic mass is 10.1. The molecule has 0 saturated carbocycles. The van der Waals surface area contributed by atoms with E-state index in [2.05, 4.69) is 21.9 Å². The first kappa shape index (κ1) is 18.1. The van der Waals surface area contributed by atoms with Gasteiger partial charge in [-0.3, -0.25) is 9.20 Å². The van der Waals surface area contributed by atoms with Crippen molar-refractivity contribution in [2.24, 2.45) is 0 Å². The van der Waals surface area contributed by atoms with Gasteiger partial charge in [-0.1, -0.05) is 5.16 Å². The number of imidazole rings is 1. The lowest BCUT2D eigenvalue weighted by Crippen LogP contribution is -2.28. The number of fused-ring (bicyclic) bond motifs is 1. The van der Waals surface area contributed by atoms with Gasteiger partial charge in [0.25, 0.3) is 5.91 Å². The van der Waals surface area contributed by atoms with Crippen LogP contribution in [-0.2, 0) is 0 Å². The van der Waals surface area contributed by atoms with Gasteiger partial charge in [0.2, 0.25) is 5.76 Å². The molecule has 0 spiro atoms. The standard InChI is InChI=1S/C21H19FN4O2S/c1-12-11-29-21-19(23-13(2)26(12)21)15-7-8-25(10-15)20(27)18-9-17(24-28-18)14-3-5-16(22)6-4-14/h3-6,9,11,15H,7-8,10H2,1-2H3/t15-/m1/s1. The van der Waals surface area contributed by atoms with Crippen LogP contribution in [0.1, 0.15) is 40.1 Å². The lowest BCUT2D eigenvalue weighted by Gasteiger charge is -2.13. The van der Waals surface area contributed by atoms with Crippen LogP contribution >= 0.6 is 11.3 Å². The Morgan fingerprint density at radius 1 is 1.28 bits per heavy atom. The predicted molar refractivity (Wildman–Crippen MR) is 108 cm³/mol. The van der Waals surface area contributed by atoms with Gasteiger partial charge in [0.1, 0.15) is 22.2 Å². The molecule has 4 aromatic rings. The third-order valence-electron chi connectivity index (χ3n) is 5.44. The first-order valence-electron chi connectivity index (χ1n) is 9.46. The molecule has 1 atom stereocenters. The SMILES string of the molecule is Cc1csc2c([C@@H]3CCN(C(=O)c4cc(-c5ccc(F)cc5)no4)C3)nc(C)n12. The molecule has 1 saturated heterocycles. The molecule has 1 fully saturated rings. The Morgan fingerprint density at radius 3 is 2.86 bits per heavy atom. The third-order valence-corrected chi connectivity index (χ3v) is 6.52. The average molecular weight is 410 g/mol. The van der Waals surface area contributed by atoms with Crippen LogP contribution in [0.15, 0.2) is 40.2 Å². The van der Waals surface area contributed by atoms with E-state index in [4.69, 9.17) is 9.51 Å². The zero-order chi connectivity index (χ0) is 20.1. The molecule has 0 unspecified atom stereocenters. The highest BCUT2D eigenvalue weighted by Crippen LogP contribution is 2.34. The van der Waals surface area contributed by atoms with E-state index in [0.717, 1.165) is 22.8 Å². The van der Waals surface area contributed by atoms with Gasteiger partial charge in [-0.15, -0.1) is 11.3 Å². The summed E-state index contributed by atoms with van der Waals surface area (Å²) in [5.74, 6) is 0.894. The van der Waals surface area contributed by atoms with Crippen molar-refractivity contribution < 1.29 is 13.7 Å². The van der Waals surface area contributed by atoms with Gasteiger partial charge in [-0.25, -0.2) is 9.37 Å². The molecule has 1 aliphatic heterocycles. The molecule has 6 nitrogen and oxygen atoms in total. The third kappa shape index (κ3) is 3.04. The lowest BCUT2D eigenvalue weighted by molar-refractivity contribution is 0.0749. The van der Waals surface area contributed by atoms with Crippen molar-refractivity contribution in [1.82, 2.24) is 19.4 Å². The minimum atomic E-state index is -0.318. The summed E-state index contributed by atoms with van der Waals surface area (Å²) in [6, 6.07) is 7.56. The molecule has 148 valence electrons. The normalized spacial score (nSPS) is 16.8. The Labute approximate surface area is 170 Å². The molecule has 3 aromatic heterocycles. The fraction of sp³-hybridized carbons (Fsp3) is 0.286. The van der Waals surface area contributed by atoms with Crippen molar-refractivity contribution in [1.29, 1.82) is 0 Å². The molecular weight excluding hydrogens is 391 g/mol. The summed E-state index contributed by atoms with van der Waals surface area (Å²) in [4.78, 5) is 20.6. The summed E-state index contributed by atoms with van der Waals surface area (Å²) >= 11 is 1.70. The van der Waals surface area contributed by atoms with Crippen molar-refractivity contribution >= 4 is 22.1 Å². The van der Waals surface area contributed by atoms with E-state index >= 15 is 0 Å². The predicted octanol–water partition coefficient (Wildman–Crippen LogP) is 4.44. The number of hydrogen-bond donors (Lipinski definition) is 0. The Balaban J connectivity index is 1.35. The number of carbonyl (C=O) groups is 1. The monoisotopic (exact) mass is 410 g/mol. The van der Waals surface area contributed by atoms with Crippen LogP contribution < -0.4 is 0 Å². The maximum absolute atomic E-state index is 13.1. The summed E-state index contributed by atoms with van der Waals surface area (Å²) in [6.07, 6.45) is 0.869. The smallest absolute Gasteiger partial charge is 0.292 e. The average Bonchev–Trinajstić information content (AvgIpc) is 3.48. The molecule has 8 heteroatoms. The second-order valence-electron chi connectivity index (χ2n) is 7.38. The van der Waals surface area contributed by atoms with Crippen molar-refractivity contribution in [2.45, 2.75) is 26.2 Å². The van der Waals surface area contributed by atoms with E-state index in [1.54, 1.807) is 34.4 Å². The number of carbonyl (C=O) groups excluding carboxylic acids is 1. The van der Waals surface area contributed by atoms with Crippen molar-refractivity contribution in [3.8, 4) is 11.3 Å². The highest BCUT2D eigenvalue weighted by molar-refractivity contribution is 7.15.